The fourth-order valence-corrected chi connectivity index (χ4v) is 10.7. The van der Waals surface area contributed by atoms with E-state index in [0.717, 1.165) is 39.3 Å². The van der Waals surface area contributed by atoms with Crippen LogP contribution in [0.1, 0.15) is 0 Å². The van der Waals surface area contributed by atoms with Crippen LogP contribution < -0.4 is 0 Å². The Morgan fingerprint density at radius 3 is 1.73 bits per heavy atom. The maximum atomic E-state index is 5.38. The number of benzene rings is 10. The van der Waals surface area contributed by atoms with Gasteiger partial charge in [0.05, 0.1) is 22.4 Å². The van der Waals surface area contributed by atoms with Crippen molar-refractivity contribution in [2.75, 3.05) is 0 Å². The van der Waals surface area contributed by atoms with Gasteiger partial charge in [-0.15, -0.1) is 11.3 Å². The lowest BCUT2D eigenvalue weighted by atomic mass is 9.94. The molecule has 3 nitrogen and oxygen atoms in total. The molecule has 3 aromatic heterocycles. The van der Waals surface area contributed by atoms with E-state index in [1.165, 1.54) is 79.6 Å². The van der Waals surface area contributed by atoms with Crippen molar-refractivity contribution in [3.63, 3.8) is 0 Å². The fraction of sp³-hybridized carbons (Fsp3) is 0. The third-order valence-electron chi connectivity index (χ3n) is 12.4. The molecule has 13 aromatic rings. The maximum absolute atomic E-state index is 5.38. The van der Waals surface area contributed by atoms with Crippen molar-refractivity contribution in [2.45, 2.75) is 0 Å². The summed E-state index contributed by atoms with van der Waals surface area (Å²) >= 11 is 1.83. The quantitative estimate of drug-likeness (QED) is 0.167. The molecule has 0 fully saturated rings. The van der Waals surface area contributed by atoms with Gasteiger partial charge >= 0.3 is 0 Å². The van der Waals surface area contributed by atoms with E-state index in [4.69, 9.17) is 9.97 Å². The van der Waals surface area contributed by atoms with Crippen LogP contribution in [0, 0.1) is 0 Å². The van der Waals surface area contributed by atoms with Gasteiger partial charge in [-0.3, -0.25) is 0 Å². The molecule has 4 heteroatoms. The van der Waals surface area contributed by atoms with Gasteiger partial charge in [-0.25, -0.2) is 9.97 Å². The first-order valence-corrected chi connectivity index (χ1v) is 21.2. The number of hydrogen-bond donors (Lipinski definition) is 0. The average molecular weight is 780 g/mol. The van der Waals surface area contributed by atoms with Crippen LogP contribution in [0.2, 0.25) is 0 Å². The van der Waals surface area contributed by atoms with E-state index in [2.05, 4.69) is 205 Å². The number of para-hydroxylation sites is 1. The molecule has 0 aliphatic carbocycles. The average Bonchev–Trinajstić information content (AvgIpc) is 3.86. The highest BCUT2D eigenvalue weighted by atomic mass is 32.1. The van der Waals surface area contributed by atoms with Gasteiger partial charge in [0.1, 0.15) is 0 Å². The summed E-state index contributed by atoms with van der Waals surface area (Å²) in [5.41, 5.74) is 8.40. The van der Waals surface area contributed by atoms with Crippen LogP contribution in [-0.4, -0.2) is 14.5 Å². The van der Waals surface area contributed by atoms with E-state index in [1.54, 1.807) is 0 Å². The first kappa shape index (κ1) is 33.3. The Bertz CT molecular complexity index is 3870. The van der Waals surface area contributed by atoms with E-state index >= 15 is 0 Å². The van der Waals surface area contributed by atoms with Gasteiger partial charge in [-0.1, -0.05) is 140 Å². The van der Waals surface area contributed by atoms with Crippen molar-refractivity contribution in [2.24, 2.45) is 0 Å². The summed E-state index contributed by atoms with van der Waals surface area (Å²) in [6.45, 7) is 0. The zero-order valence-electron chi connectivity index (χ0n) is 32.3. The summed E-state index contributed by atoms with van der Waals surface area (Å²) in [6.07, 6.45) is 0. The molecular formula is C56H33N3S. The summed E-state index contributed by atoms with van der Waals surface area (Å²) in [5, 5.41) is 14.9. The first-order chi connectivity index (χ1) is 29.7. The van der Waals surface area contributed by atoms with Crippen molar-refractivity contribution in [3.8, 4) is 39.6 Å². The lowest BCUT2D eigenvalue weighted by Crippen LogP contribution is -1.97. The zero-order chi connectivity index (χ0) is 39.3. The Balaban J connectivity index is 1.03. The van der Waals surface area contributed by atoms with Gasteiger partial charge < -0.3 is 4.57 Å². The predicted octanol–water partition coefficient (Wildman–Crippen LogP) is 15.6. The molecular weight excluding hydrogens is 747 g/mol. The molecule has 0 atom stereocenters. The Hall–Kier alpha value is -7.66. The van der Waals surface area contributed by atoms with Gasteiger partial charge in [0.15, 0.2) is 5.82 Å². The molecule has 0 saturated carbocycles. The molecule has 0 amide bonds. The molecule has 13 rings (SSSR count). The van der Waals surface area contributed by atoms with Crippen molar-refractivity contribution >= 4 is 96.4 Å². The molecule has 0 radical (unpaired) electrons. The molecule has 0 aliphatic heterocycles. The number of nitrogens with zero attached hydrogens (tertiary/aromatic N) is 3. The highest BCUT2D eigenvalue weighted by molar-refractivity contribution is 7.25. The van der Waals surface area contributed by atoms with E-state index < -0.39 is 0 Å². The van der Waals surface area contributed by atoms with E-state index in [1.807, 2.05) is 11.3 Å². The van der Waals surface area contributed by atoms with Crippen molar-refractivity contribution in [3.05, 3.63) is 200 Å². The monoisotopic (exact) mass is 779 g/mol. The van der Waals surface area contributed by atoms with Crippen molar-refractivity contribution < 1.29 is 0 Å². The Labute approximate surface area is 349 Å². The Morgan fingerprint density at radius 1 is 0.333 bits per heavy atom. The number of fused-ring (bicyclic) bond motifs is 13. The third-order valence-corrected chi connectivity index (χ3v) is 13.5. The summed E-state index contributed by atoms with van der Waals surface area (Å²) in [7, 11) is 0. The Kier molecular flexibility index (Phi) is 7.18. The van der Waals surface area contributed by atoms with Crippen LogP contribution in [0.4, 0.5) is 0 Å². The SMILES string of the molecule is c1ccc2c(-c3cc(-c4ccc5c(c4)c4ccccc4n5-c4ccc5c6ccccc6c6ccccc6c5c4)nc(-c4ccc5sc6ccccc6c5c4)n3)cccc2c1. The summed E-state index contributed by atoms with van der Waals surface area (Å²) in [5.74, 6) is 0.714. The molecule has 3 heterocycles. The largest absolute Gasteiger partial charge is 0.309 e. The molecule has 10 aromatic carbocycles. The minimum absolute atomic E-state index is 0.714. The fourth-order valence-electron chi connectivity index (χ4n) is 9.62. The van der Waals surface area contributed by atoms with Crippen LogP contribution in [0.25, 0.3) is 125 Å². The molecule has 0 spiro atoms. The standard InChI is InChI=1S/C56H33N3S/c1-2-14-38-34(12-1)13-11-21-44(38)51-33-50(57-56(58-51)36-25-29-55-49(31-36)46-20-8-10-23-54(46)60-55)35-24-28-53-48(30-35)45-19-7-9-22-52(45)59(53)37-26-27-43-41-17-4-3-15-39(41)40-16-5-6-18-42(40)47(43)32-37/h1-33H. The van der Waals surface area contributed by atoms with Gasteiger partial charge in [-0.2, -0.15) is 0 Å². The molecule has 60 heavy (non-hydrogen) atoms. The predicted molar refractivity (Wildman–Crippen MR) is 256 cm³/mol. The number of thiophene rings is 1. The topological polar surface area (TPSA) is 30.7 Å². The summed E-state index contributed by atoms with van der Waals surface area (Å²) in [4.78, 5) is 10.7. The highest BCUT2D eigenvalue weighted by Crippen LogP contribution is 2.41. The molecule has 0 N–H and O–H groups in total. The first-order valence-electron chi connectivity index (χ1n) is 20.4. The smallest absolute Gasteiger partial charge is 0.160 e. The van der Waals surface area contributed by atoms with Crippen LogP contribution in [0.15, 0.2) is 200 Å². The minimum Gasteiger partial charge on any atom is -0.309 e. The van der Waals surface area contributed by atoms with Gasteiger partial charge in [0.2, 0.25) is 0 Å². The third kappa shape index (κ3) is 5.01. The van der Waals surface area contributed by atoms with E-state index in [-0.39, 0.29) is 0 Å². The van der Waals surface area contributed by atoms with Crippen molar-refractivity contribution in [1.82, 2.24) is 14.5 Å². The summed E-state index contributed by atoms with van der Waals surface area (Å²) in [6, 6.07) is 72.7. The minimum atomic E-state index is 0.714. The lowest BCUT2D eigenvalue weighted by molar-refractivity contribution is 1.18. The van der Waals surface area contributed by atoms with Crippen LogP contribution in [0.5, 0.6) is 0 Å². The second kappa shape index (κ2) is 12.9. The normalized spacial score (nSPS) is 12.0. The molecule has 0 saturated heterocycles. The lowest BCUT2D eigenvalue weighted by Gasteiger charge is -2.14. The van der Waals surface area contributed by atoms with Crippen LogP contribution >= 0.6 is 11.3 Å². The number of rotatable bonds is 4. The molecule has 0 aliphatic rings. The number of aromatic nitrogens is 3. The Morgan fingerprint density at radius 2 is 0.917 bits per heavy atom. The molecule has 278 valence electrons. The van der Waals surface area contributed by atoms with Crippen LogP contribution in [-0.2, 0) is 0 Å². The maximum Gasteiger partial charge on any atom is 0.160 e. The van der Waals surface area contributed by atoms with E-state index in [9.17, 15) is 0 Å². The highest BCUT2D eigenvalue weighted by Gasteiger charge is 2.18. The molecule has 0 bridgehead atoms. The summed E-state index contributed by atoms with van der Waals surface area (Å²) < 4.78 is 4.97. The zero-order valence-corrected chi connectivity index (χ0v) is 33.1. The van der Waals surface area contributed by atoms with E-state index in [0.29, 0.717) is 5.82 Å². The van der Waals surface area contributed by atoms with Gasteiger partial charge in [0, 0.05) is 53.3 Å². The van der Waals surface area contributed by atoms with Crippen molar-refractivity contribution in [1.29, 1.82) is 0 Å². The van der Waals surface area contributed by atoms with Crippen LogP contribution in [0.3, 0.4) is 0 Å². The van der Waals surface area contributed by atoms with Gasteiger partial charge in [-0.05, 0) is 104 Å². The second-order valence-corrected chi connectivity index (χ2v) is 16.8. The molecule has 0 unspecified atom stereocenters. The number of hydrogen-bond acceptors (Lipinski definition) is 3. The van der Waals surface area contributed by atoms with Gasteiger partial charge in [0.25, 0.3) is 0 Å². The second-order valence-electron chi connectivity index (χ2n) is 15.7.